The van der Waals surface area contributed by atoms with E-state index in [1.807, 2.05) is 12.1 Å². The number of nitrogens with one attached hydrogen (secondary N) is 1. The van der Waals surface area contributed by atoms with Crippen LogP contribution in [0.4, 0.5) is 0 Å². The topological polar surface area (TPSA) is 30.5 Å². The first-order valence-corrected chi connectivity index (χ1v) is 5.81. The number of hydrogen-bond acceptors (Lipinski definition) is 3. The molecule has 0 heterocycles. The third-order valence-electron chi connectivity index (χ3n) is 2.74. The average Bonchev–Trinajstić information content (AvgIpc) is 2.66. The first-order chi connectivity index (χ1) is 7.79. The van der Waals surface area contributed by atoms with Crippen LogP contribution >= 0.6 is 11.6 Å². The monoisotopic (exact) mass is 241 g/mol. The van der Waals surface area contributed by atoms with E-state index in [4.69, 9.17) is 21.2 Å². The second-order valence-corrected chi connectivity index (χ2v) is 4.41. The number of hydroxylamine groups is 1. The predicted octanol–water partition coefficient (Wildman–Crippen LogP) is 1.97. The molecule has 3 nitrogen and oxygen atoms in total. The highest BCUT2D eigenvalue weighted by molar-refractivity contribution is 6.30. The fourth-order valence-electron chi connectivity index (χ4n) is 1.97. The first kappa shape index (κ1) is 11.9. The van der Waals surface area contributed by atoms with Crippen molar-refractivity contribution in [2.24, 2.45) is 0 Å². The average molecular weight is 242 g/mol. The molecule has 0 saturated heterocycles. The highest BCUT2D eigenvalue weighted by Crippen LogP contribution is 2.25. The lowest BCUT2D eigenvalue weighted by atomic mass is 10.1. The van der Waals surface area contributed by atoms with E-state index in [9.17, 15) is 0 Å². The quantitative estimate of drug-likeness (QED) is 0.632. The summed E-state index contributed by atoms with van der Waals surface area (Å²) in [5, 5.41) is 0.805. The minimum absolute atomic E-state index is 0.352. The zero-order chi connectivity index (χ0) is 11.4. The molecular formula is C12H16ClNO2. The van der Waals surface area contributed by atoms with E-state index >= 15 is 0 Å². The zero-order valence-electron chi connectivity index (χ0n) is 9.33. The second kappa shape index (κ2) is 5.64. The van der Waals surface area contributed by atoms with Crippen LogP contribution in [0.5, 0.6) is 0 Å². The lowest BCUT2D eigenvalue weighted by Crippen LogP contribution is -2.30. The van der Waals surface area contributed by atoms with E-state index in [1.54, 1.807) is 7.11 Å². The maximum absolute atomic E-state index is 5.95. The van der Waals surface area contributed by atoms with Crippen LogP contribution in [0.3, 0.4) is 0 Å². The van der Waals surface area contributed by atoms with E-state index < -0.39 is 0 Å². The van der Waals surface area contributed by atoms with E-state index in [1.165, 1.54) is 11.1 Å². The molecule has 1 unspecified atom stereocenters. The highest BCUT2D eigenvalue weighted by Gasteiger charge is 2.21. The van der Waals surface area contributed by atoms with Crippen molar-refractivity contribution in [1.82, 2.24) is 5.48 Å². The van der Waals surface area contributed by atoms with E-state index in [0.717, 1.165) is 17.9 Å². The zero-order valence-corrected chi connectivity index (χ0v) is 10.1. The largest absolute Gasteiger partial charge is 0.382 e. The molecule has 0 bridgehead atoms. The Morgan fingerprint density at radius 1 is 1.31 bits per heavy atom. The molecule has 0 amide bonds. The maximum Gasteiger partial charge on any atom is 0.0915 e. The van der Waals surface area contributed by atoms with Gasteiger partial charge in [-0.15, -0.1) is 0 Å². The molecule has 0 fully saturated rings. The smallest absolute Gasteiger partial charge is 0.0915 e. The number of benzene rings is 1. The van der Waals surface area contributed by atoms with Crippen molar-refractivity contribution >= 4 is 11.6 Å². The fourth-order valence-corrected chi connectivity index (χ4v) is 2.17. The Labute approximate surface area is 101 Å². The number of halogens is 1. The van der Waals surface area contributed by atoms with Gasteiger partial charge in [-0.05, 0) is 36.1 Å². The number of rotatable bonds is 5. The molecule has 1 N–H and O–H groups in total. The first-order valence-electron chi connectivity index (χ1n) is 5.43. The number of ether oxygens (including phenoxy) is 1. The summed E-state index contributed by atoms with van der Waals surface area (Å²) in [5.41, 5.74) is 5.74. The van der Waals surface area contributed by atoms with Gasteiger partial charge in [-0.25, -0.2) is 0 Å². The van der Waals surface area contributed by atoms with Crippen molar-refractivity contribution in [2.45, 2.75) is 18.9 Å². The lowest BCUT2D eigenvalue weighted by Gasteiger charge is -2.11. The van der Waals surface area contributed by atoms with E-state index in [0.29, 0.717) is 19.3 Å². The summed E-state index contributed by atoms with van der Waals surface area (Å²) in [7, 11) is 1.66. The third kappa shape index (κ3) is 2.95. The Morgan fingerprint density at radius 2 is 2.12 bits per heavy atom. The van der Waals surface area contributed by atoms with E-state index in [-0.39, 0.29) is 0 Å². The van der Waals surface area contributed by atoms with E-state index in [2.05, 4.69) is 11.5 Å². The van der Waals surface area contributed by atoms with Crippen LogP contribution in [-0.4, -0.2) is 26.4 Å². The summed E-state index contributed by atoms with van der Waals surface area (Å²) in [6.07, 6.45) is 1.97. The minimum Gasteiger partial charge on any atom is -0.382 e. The second-order valence-electron chi connectivity index (χ2n) is 3.98. The van der Waals surface area contributed by atoms with Gasteiger partial charge in [0.1, 0.15) is 0 Å². The summed E-state index contributed by atoms with van der Waals surface area (Å²) < 4.78 is 4.90. The molecule has 1 aromatic rings. The normalized spacial score (nSPS) is 18.8. The van der Waals surface area contributed by atoms with Gasteiger partial charge in [0.05, 0.1) is 13.2 Å². The van der Waals surface area contributed by atoms with Crippen LogP contribution < -0.4 is 5.48 Å². The molecule has 0 spiro atoms. The van der Waals surface area contributed by atoms with Crippen LogP contribution in [0, 0.1) is 0 Å². The van der Waals surface area contributed by atoms with Crippen LogP contribution in [0.25, 0.3) is 0 Å². The number of hydrogen-bond donors (Lipinski definition) is 1. The molecule has 16 heavy (non-hydrogen) atoms. The Balaban J connectivity index is 1.81. The van der Waals surface area contributed by atoms with Crippen LogP contribution in [0.1, 0.15) is 11.1 Å². The minimum atomic E-state index is 0.352. The van der Waals surface area contributed by atoms with Gasteiger partial charge in [0, 0.05) is 18.2 Å². The van der Waals surface area contributed by atoms with Gasteiger partial charge in [-0.3, -0.25) is 4.84 Å². The SMILES string of the molecule is COCCONC1Cc2ccc(Cl)cc2C1. The molecule has 0 saturated carbocycles. The molecule has 1 aromatic carbocycles. The van der Waals surface area contributed by atoms with Gasteiger partial charge in [0.2, 0.25) is 0 Å². The maximum atomic E-state index is 5.95. The van der Waals surface area contributed by atoms with Crippen LogP contribution in [0.2, 0.25) is 5.02 Å². The predicted molar refractivity (Wildman–Crippen MR) is 63.6 cm³/mol. The highest BCUT2D eigenvalue weighted by atomic mass is 35.5. The third-order valence-corrected chi connectivity index (χ3v) is 2.98. The molecule has 2 rings (SSSR count). The molecule has 0 aromatic heterocycles. The van der Waals surface area contributed by atoms with Crippen LogP contribution in [0.15, 0.2) is 18.2 Å². The Bertz CT molecular complexity index is 357. The van der Waals surface area contributed by atoms with Crippen molar-refractivity contribution in [2.75, 3.05) is 20.3 Å². The Hall–Kier alpha value is -0.610. The summed E-state index contributed by atoms with van der Waals surface area (Å²) in [6.45, 7) is 1.18. The number of fused-ring (bicyclic) bond motifs is 1. The summed E-state index contributed by atoms with van der Waals surface area (Å²) in [6, 6.07) is 6.42. The molecule has 1 atom stereocenters. The molecule has 1 aliphatic rings. The molecule has 88 valence electrons. The van der Waals surface area contributed by atoms with Crippen molar-refractivity contribution in [3.8, 4) is 0 Å². The summed E-state index contributed by atoms with van der Waals surface area (Å²) in [5.74, 6) is 0. The van der Waals surface area contributed by atoms with Crippen LogP contribution in [-0.2, 0) is 22.4 Å². The van der Waals surface area contributed by atoms with Gasteiger partial charge >= 0.3 is 0 Å². The number of methoxy groups -OCH3 is 1. The van der Waals surface area contributed by atoms with Gasteiger partial charge in [0.25, 0.3) is 0 Å². The molecular weight excluding hydrogens is 226 g/mol. The van der Waals surface area contributed by atoms with Crippen molar-refractivity contribution < 1.29 is 9.57 Å². The van der Waals surface area contributed by atoms with Crippen molar-refractivity contribution in [3.05, 3.63) is 34.3 Å². The summed E-state index contributed by atoms with van der Waals surface area (Å²) in [4.78, 5) is 5.31. The molecule has 0 aliphatic heterocycles. The van der Waals surface area contributed by atoms with Crippen molar-refractivity contribution in [3.63, 3.8) is 0 Å². The van der Waals surface area contributed by atoms with Gasteiger partial charge in [-0.2, -0.15) is 5.48 Å². The Kier molecular flexibility index (Phi) is 4.18. The molecule has 0 radical (unpaired) electrons. The lowest BCUT2D eigenvalue weighted by molar-refractivity contribution is -0.0101. The van der Waals surface area contributed by atoms with Gasteiger partial charge in [0.15, 0.2) is 0 Å². The molecule has 4 heteroatoms. The van der Waals surface area contributed by atoms with Gasteiger partial charge < -0.3 is 4.74 Å². The van der Waals surface area contributed by atoms with Crippen molar-refractivity contribution in [1.29, 1.82) is 0 Å². The standard InChI is InChI=1S/C12H16ClNO2/c1-15-4-5-16-14-12-7-9-2-3-11(13)6-10(9)8-12/h2-3,6,12,14H,4-5,7-8H2,1H3. The van der Waals surface area contributed by atoms with Gasteiger partial charge in [-0.1, -0.05) is 17.7 Å². The molecule has 1 aliphatic carbocycles. The fraction of sp³-hybridized carbons (Fsp3) is 0.500. The Morgan fingerprint density at radius 3 is 2.94 bits per heavy atom. The summed E-state index contributed by atoms with van der Waals surface area (Å²) >= 11 is 5.95.